The van der Waals surface area contributed by atoms with E-state index >= 15 is 0 Å². The molecule has 3 rings (SSSR count). The van der Waals surface area contributed by atoms with E-state index in [4.69, 9.17) is 5.73 Å². The Morgan fingerprint density at radius 1 is 1.04 bits per heavy atom. The van der Waals surface area contributed by atoms with Crippen molar-refractivity contribution in [3.63, 3.8) is 0 Å². The zero-order valence-corrected chi connectivity index (χ0v) is 14.2. The standard InChI is InChI=1S/C20H25N3O/c1-16-6-5-7-17(14-16)15-22-10-12-23(13-11-22)19(20(21)24)18-8-3-2-4-9-18/h2-9,14,19H,10-13,15H2,1H3,(H2,21,24)/t19-/m0/s1. The first-order valence-corrected chi connectivity index (χ1v) is 8.50. The molecule has 0 bridgehead atoms. The molecule has 0 unspecified atom stereocenters. The molecule has 1 atom stereocenters. The molecule has 24 heavy (non-hydrogen) atoms. The fourth-order valence-electron chi connectivity index (χ4n) is 3.44. The van der Waals surface area contributed by atoms with E-state index in [1.807, 2.05) is 30.3 Å². The highest BCUT2D eigenvalue weighted by atomic mass is 16.1. The zero-order chi connectivity index (χ0) is 16.9. The highest BCUT2D eigenvalue weighted by molar-refractivity contribution is 5.81. The third-order valence-corrected chi connectivity index (χ3v) is 4.65. The van der Waals surface area contributed by atoms with Crippen molar-refractivity contribution < 1.29 is 4.79 Å². The number of primary amides is 1. The summed E-state index contributed by atoms with van der Waals surface area (Å²) in [5.74, 6) is -0.270. The van der Waals surface area contributed by atoms with Gasteiger partial charge in [-0.2, -0.15) is 0 Å². The van der Waals surface area contributed by atoms with Crippen molar-refractivity contribution in [2.24, 2.45) is 5.73 Å². The van der Waals surface area contributed by atoms with Gasteiger partial charge in [0.05, 0.1) is 0 Å². The molecule has 0 spiro atoms. The first-order valence-electron chi connectivity index (χ1n) is 8.50. The molecule has 0 aliphatic carbocycles. The number of rotatable bonds is 5. The molecule has 1 saturated heterocycles. The van der Waals surface area contributed by atoms with Crippen LogP contribution in [0.4, 0.5) is 0 Å². The lowest BCUT2D eigenvalue weighted by molar-refractivity contribution is -0.124. The number of hydrogen-bond donors (Lipinski definition) is 1. The van der Waals surface area contributed by atoms with Gasteiger partial charge < -0.3 is 5.73 Å². The molecule has 2 aromatic carbocycles. The predicted molar refractivity (Wildman–Crippen MR) is 96.4 cm³/mol. The minimum atomic E-state index is -0.327. The maximum absolute atomic E-state index is 12.0. The maximum Gasteiger partial charge on any atom is 0.239 e. The lowest BCUT2D eigenvalue weighted by atomic mass is 10.0. The molecule has 1 amide bonds. The number of piperazine rings is 1. The van der Waals surface area contributed by atoms with E-state index in [0.717, 1.165) is 38.3 Å². The summed E-state index contributed by atoms with van der Waals surface area (Å²) in [5, 5.41) is 0. The van der Waals surface area contributed by atoms with Crippen LogP contribution in [0.3, 0.4) is 0 Å². The fraction of sp³-hybridized carbons (Fsp3) is 0.350. The summed E-state index contributed by atoms with van der Waals surface area (Å²) in [4.78, 5) is 16.6. The number of amides is 1. The number of nitrogens with zero attached hydrogens (tertiary/aromatic N) is 2. The van der Waals surface area contributed by atoms with Crippen LogP contribution in [0.2, 0.25) is 0 Å². The smallest absolute Gasteiger partial charge is 0.239 e. The molecular formula is C20H25N3O. The topological polar surface area (TPSA) is 49.6 Å². The van der Waals surface area contributed by atoms with Gasteiger partial charge in [0.2, 0.25) is 5.91 Å². The van der Waals surface area contributed by atoms with Crippen LogP contribution in [-0.4, -0.2) is 41.9 Å². The van der Waals surface area contributed by atoms with Gasteiger partial charge in [0.1, 0.15) is 6.04 Å². The lowest BCUT2D eigenvalue weighted by Gasteiger charge is -2.38. The van der Waals surface area contributed by atoms with Crippen LogP contribution in [0.5, 0.6) is 0 Å². The summed E-state index contributed by atoms with van der Waals surface area (Å²) in [6, 6.07) is 18.2. The summed E-state index contributed by atoms with van der Waals surface area (Å²) in [5.41, 5.74) is 9.30. The first kappa shape index (κ1) is 16.7. The van der Waals surface area contributed by atoms with E-state index < -0.39 is 0 Å². The summed E-state index contributed by atoms with van der Waals surface area (Å²) in [7, 11) is 0. The van der Waals surface area contributed by atoms with Gasteiger partial charge in [-0.1, -0.05) is 60.2 Å². The fourth-order valence-corrected chi connectivity index (χ4v) is 3.44. The van der Waals surface area contributed by atoms with Crippen LogP contribution in [-0.2, 0) is 11.3 Å². The van der Waals surface area contributed by atoms with Crippen LogP contribution in [0.15, 0.2) is 54.6 Å². The SMILES string of the molecule is Cc1cccc(CN2CCN([C@H](C(N)=O)c3ccccc3)CC2)c1. The second-order valence-corrected chi connectivity index (χ2v) is 6.52. The van der Waals surface area contributed by atoms with Crippen LogP contribution >= 0.6 is 0 Å². The largest absolute Gasteiger partial charge is 0.368 e. The molecule has 1 aliphatic heterocycles. The molecule has 1 heterocycles. The summed E-state index contributed by atoms with van der Waals surface area (Å²) >= 11 is 0. The number of hydrogen-bond acceptors (Lipinski definition) is 3. The quantitative estimate of drug-likeness (QED) is 0.919. The van der Waals surface area contributed by atoms with Crippen molar-refractivity contribution in [1.29, 1.82) is 0 Å². The van der Waals surface area contributed by atoms with Crippen molar-refractivity contribution >= 4 is 5.91 Å². The second-order valence-electron chi connectivity index (χ2n) is 6.52. The first-order chi connectivity index (χ1) is 11.6. The Hall–Kier alpha value is -2.17. The lowest BCUT2D eigenvalue weighted by Crippen LogP contribution is -2.49. The minimum Gasteiger partial charge on any atom is -0.368 e. The van der Waals surface area contributed by atoms with E-state index in [2.05, 4.69) is 41.0 Å². The third-order valence-electron chi connectivity index (χ3n) is 4.65. The molecule has 4 heteroatoms. The van der Waals surface area contributed by atoms with Crippen LogP contribution in [0, 0.1) is 6.92 Å². The normalized spacial score (nSPS) is 17.5. The average molecular weight is 323 g/mol. The Morgan fingerprint density at radius 3 is 2.38 bits per heavy atom. The van der Waals surface area contributed by atoms with Gasteiger partial charge in [-0.15, -0.1) is 0 Å². The molecular weight excluding hydrogens is 298 g/mol. The Bertz CT molecular complexity index is 678. The van der Waals surface area contributed by atoms with Gasteiger partial charge in [0.25, 0.3) is 0 Å². The van der Waals surface area contributed by atoms with Crippen LogP contribution in [0.25, 0.3) is 0 Å². The number of carbonyl (C=O) groups excluding carboxylic acids is 1. The average Bonchev–Trinajstić information content (AvgIpc) is 2.57. The Labute approximate surface area is 143 Å². The monoisotopic (exact) mass is 323 g/mol. The molecule has 0 radical (unpaired) electrons. The van der Waals surface area contributed by atoms with Crippen molar-refractivity contribution in [1.82, 2.24) is 9.80 Å². The second kappa shape index (κ2) is 7.60. The number of carbonyl (C=O) groups is 1. The van der Waals surface area contributed by atoms with E-state index in [9.17, 15) is 4.79 Å². The summed E-state index contributed by atoms with van der Waals surface area (Å²) in [6.45, 7) is 6.69. The third kappa shape index (κ3) is 4.02. The summed E-state index contributed by atoms with van der Waals surface area (Å²) in [6.07, 6.45) is 0. The molecule has 126 valence electrons. The van der Waals surface area contributed by atoms with E-state index in [1.54, 1.807) is 0 Å². The van der Waals surface area contributed by atoms with E-state index in [-0.39, 0.29) is 11.9 Å². The molecule has 2 aromatic rings. The van der Waals surface area contributed by atoms with Gasteiger partial charge in [-0.25, -0.2) is 0 Å². The van der Waals surface area contributed by atoms with E-state index in [0.29, 0.717) is 0 Å². The highest BCUT2D eigenvalue weighted by Crippen LogP contribution is 2.22. The predicted octanol–water partition coefficient (Wildman–Crippen LogP) is 2.34. The van der Waals surface area contributed by atoms with Crippen molar-refractivity contribution in [2.45, 2.75) is 19.5 Å². The molecule has 1 aliphatic rings. The van der Waals surface area contributed by atoms with Gasteiger partial charge >= 0.3 is 0 Å². The molecule has 2 N–H and O–H groups in total. The highest BCUT2D eigenvalue weighted by Gasteiger charge is 2.28. The van der Waals surface area contributed by atoms with Crippen LogP contribution < -0.4 is 5.73 Å². The Balaban J connectivity index is 1.62. The van der Waals surface area contributed by atoms with Crippen molar-refractivity contribution in [2.75, 3.05) is 26.2 Å². The van der Waals surface area contributed by atoms with Gasteiger partial charge in [-0.05, 0) is 18.1 Å². The van der Waals surface area contributed by atoms with Gasteiger partial charge in [-0.3, -0.25) is 14.6 Å². The van der Waals surface area contributed by atoms with Gasteiger partial charge in [0.15, 0.2) is 0 Å². The van der Waals surface area contributed by atoms with E-state index in [1.165, 1.54) is 11.1 Å². The zero-order valence-electron chi connectivity index (χ0n) is 14.2. The molecule has 4 nitrogen and oxygen atoms in total. The van der Waals surface area contributed by atoms with Gasteiger partial charge in [0, 0.05) is 32.7 Å². The number of benzene rings is 2. The van der Waals surface area contributed by atoms with Crippen LogP contribution in [0.1, 0.15) is 22.7 Å². The molecule has 0 saturated carbocycles. The molecule has 0 aromatic heterocycles. The number of aryl methyl sites for hydroxylation is 1. The Morgan fingerprint density at radius 2 is 1.75 bits per heavy atom. The Kier molecular flexibility index (Phi) is 5.28. The molecule has 1 fully saturated rings. The van der Waals surface area contributed by atoms with Crippen molar-refractivity contribution in [3.05, 3.63) is 71.3 Å². The van der Waals surface area contributed by atoms with Crippen molar-refractivity contribution in [3.8, 4) is 0 Å². The minimum absolute atomic E-state index is 0.270. The number of nitrogens with two attached hydrogens (primary N) is 1. The maximum atomic E-state index is 12.0. The summed E-state index contributed by atoms with van der Waals surface area (Å²) < 4.78 is 0.